The average molecular weight is 497 g/mol. The largest absolute Gasteiger partial charge is 0.493 e. The smallest absolute Gasteiger partial charge is 0.338 e. The summed E-state index contributed by atoms with van der Waals surface area (Å²) >= 11 is 1.20. The molecule has 1 aliphatic rings. The summed E-state index contributed by atoms with van der Waals surface area (Å²) in [4.78, 5) is 31.6. The van der Waals surface area contributed by atoms with Crippen molar-refractivity contribution in [2.75, 3.05) is 20.3 Å². The van der Waals surface area contributed by atoms with Gasteiger partial charge in [0.25, 0.3) is 5.56 Å². The normalized spacial score (nSPS) is 15.5. The van der Waals surface area contributed by atoms with Crippen LogP contribution in [0.4, 0.5) is 4.39 Å². The summed E-state index contributed by atoms with van der Waals surface area (Å²) in [6, 6.07) is 10.4. The molecular formula is C26H25FN2O5S. The van der Waals surface area contributed by atoms with Gasteiger partial charge in [0.1, 0.15) is 5.82 Å². The van der Waals surface area contributed by atoms with Gasteiger partial charge in [0.2, 0.25) is 0 Å². The van der Waals surface area contributed by atoms with E-state index in [0.29, 0.717) is 44.3 Å². The topological polar surface area (TPSA) is 79.1 Å². The van der Waals surface area contributed by atoms with Crippen LogP contribution in [0.5, 0.6) is 11.5 Å². The first-order valence-electron chi connectivity index (χ1n) is 11.1. The Morgan fingerprint density at radius 2 is 1.89 bits per heavy atom. The lowest BCUT2D eigenvalue weighted by atomic mass is 9.95. The summed E-state index contributed by atoms with van der Waals surface area (Å²) in [6.07, 6.45) is 1.68. The molecule has 3 aromatic rings. The number of methoxy groups -OCH3 is 1. The maximum atomic E-state index is 13.6. The van der Waals surface area contributed by atoms with Crippen molar-refractivity contribution in [2.24, 2.45) is 4.99 Å². The number of halogens is 1. The fourth-order valence-corrected chi connectivity index (χ4v) is 5.00. The van der Waals surface area contributed by atoms with Gasteiger partial charge in [0, 0.05) is 0 Å². The average Bonchev–Trinajstić information content (AvgIpc) is 3.14. The second-order valence-corrected chi connectivity index (χ2v) is 8.71. The van der Waals surface area contributed by atoms with Gasteiger partial charge >= 0.3 is 5.97 Å². The maximum absolute atomic E-state index is 13.6. The number of fused-ring (bicyclic) bond motifs is 1. The Bertz CT molecular complexity index is 1470. The van der Waals surface area contributed by atoms with Crippen molar-refractivity contribution in [1.29, 1.82) is 0 Å². The lowest BCUT2D eigenvalue weighted by molar-refractivity contribution is -0.139. The van der Waals surface area contributed by atoms with E-state index in [1.165, 1.54) is 28.0 Å². The van der Waals surface area contributed by atoms with Crippen LogP contribution in [0.25, 0.3) is 6.08 Å². The number of hydrogen-bond acceptors (Lipinski definition) is 7. The van der Waals surface area contributed by atoms with E-state index < -0.39 is 12.0 Å². The number of allylic oxidation sites excluding steroid dienone is 1. The van der Waals surface area contributed by atoms with E-state index in [2.05, 4.69) is 4.99 Å². The fraction of sp³-hybridized carbons (Fsp3) is 0.269. The van der Waals surface area contributed by atoms with Crippen molar-refractivity contribution in [3.63, 3.8) is 0 Å². The first-order valence-corrected chi connectivity index (χ1v) is 12.0. The number of thiazole rings is 1. The zero-order valence-electron chi connectivity index (χ0n) is 19.8. The minimum absolute atomic E-state index is 0.185. The summed E-state index contributed by atoms with van der Waals surface area (Å²) in [5.41, 5.74) is 1.77. The van der Waals surface area contributed by atoms with E-state index >= 15 is 0 Å². The quantitative estimate of drug-likeness (QED) is 0.469. The van der Waals surface area contributed by atoms with Gasteiger partial charge in [0.15, 0.2) is 16.3 Å². The van der Waals surface area contributed by atoms with Gasteiger partial charge in [-0.3, -0.25) is 9.36 Å². The molecular weight excluding hydrogens is 471 g/mol. The Hall–Kier alpha value is -3.72. The molecule has 0 bridgehead atoms. The van der Waals surface area contributed by atoms with Crippen LogP contribution in [0, 0.1) is 5.82 Å². The minimum Gasteiger partial charge on any atom is -0.493 e. The van der Waals surface area contributed by atoms with Crippen molar-refractivity contribution in [2.45, 2.75) is 26.8 Å². The molecule has 0 amide bonds. The Labute approximate surface area is 205 Å². The number of ether oxygens (including phenoxy) is 3. The predicted molar refractivity (Wildman–Crippen MR) is 131 cm³/mol. The van der Waals surface area contributed by atoms with Crippen molar-refractivity contribution in [3.05, 3.63) is 90.4 Å². The molecule has 0 fully saturated rings. The molecule has 0 unspecified atom stereocenters. The molecule has 35 heavy (non-hydrogen) atoms. The number of carbonyl (C=O) groups excluding carboxylic acids is 1. The van der Waals surface area contributed by atoms with Gasteiger partial charge in [-0.2, -0.15) is 0 Å². The maximum Gasteiger partial charge on any atom is 0.338 e. The zero-order valence-corrected chi connectivity index (χ0v) is 20.6. The Morgan fingerprint density at radius 3 is 2.54 bits per heavy atom. The Balaban J connectivity index is 1.96. The molecule has 1 aliphatic heterocycles. The number of benzene rings is 2. The SMILES string of the molecule is CCOC(=O)C1=C(C)N=c2sc(=Cc3ccc(F)cc3)c(=O)n2[C@@H]1c1ccc(OC)c(OCC)c1. The van der Waals surface area contributed by atoms with Crippen LogP contribution < -0.4 is 24.4 Å². The highest BCUT2D eigenvalue weighted by Crippen LogP contribution is 2.36. The number of rotatable bonds is 7. The molecule has 0 radical (unpaired) electrons. The van der Waals surface area contributed by atoms with E-state index in [9.17, 15) is 14.0 Å². The molecule has 2 heterocycles. The molecule has 2 aromatic carbocycles. The summed E-state index contributed by atoms with van der Waals surface area (Å²) in [5.74, 6) is 0.139. The molecule has 0 saturated heterocycles. The van der Waals surface area contributed by atoms with Crippen LogP contribution in [0.2, 0.25) is 0 Å². The third kappa shape index (κ3) is 4.77. The monoisotopic (exact) mass is 496 g/mol. The first-order chi connectivity index (χ1) is 16.9. The van der Waals surface area contributed by atoms with E-state index in [1.807, 2.05) is 6.92 Å². The predicted octanol–water partition coefficient (Wildman–Crippen LogP) is 3.34. The van der Waals surface area contributed by atoms with E-state index in [4.69, 9.17) is 14.2 Å². The molecule has 0 N–H and O–H groups in total. The van der Waals surface area contributed by atoms with Gasteiger partial charge in [-0.15, -0.1) is 0 Å². The summed E-state index contributed by atoms with van der Waals surface area (Å²) in [6.45, 7) is 5.91. The number of aromatic nitrogens is 1. The minimum atomic E-state index is -0.772. The molecule has 9 heteroatoms. The molecule has 7 nitrogen and oxygen atoms in total. The molecule has 4 rings (SSSR count). The highest BCUT2D eigenvalue weighted by molar-refractivity contribution is 7.07. The summed E-state index contributed by atoms with van der Waals surface area (Å²) in [7, 11) is 1.55. The number of nitrogens with zero attached hydrogens (tertiary/aromatic N) is 2. The number of hydrogen-bond donors (Lipinski definition) is 0. The standard InChI is InChI=1S/C26H25FN2O5S/c1-5-33-20-14-17(9-12-19(20)32-4)23-22(25(31)34-6-2)15(3)28-26-29(23)24(30)21(35-26)13-16-7-10-18(27)11-8-16/h7-14,23H,5-6H2,1-4H3/t23-/m1/s1. The Kier molecular flexibility index (Phi) is 7.16. The summed E-state index contributed by atoms with van der Waals surface area (Å²) < 4.78 is 31.7. The van der Waals surface area contributed by atoms with Gasteiger partial charge < -0.3 is 14.2 Å². The van der Waals surface area contributed by atoms with Crippen molar-refractivity contribution in [3.8, 4) is 11.5 Å². The van der Waals surface area contributed by atoms with Crippen molar-refractivity contribution < 1.29 is 23.4 Å². The van der Waals surface area contributed by atoms with Gasteiger partial charge in [0.05, 0.1) is 42.2 Å². The molecule has 1 atom stereocenters. The van der Waals surface area contributed by atoms with Crippen molar-refractivity contribution >= 4 is 23.4 Å². The van der Waals surface area contributed by atoms with Gasteiger partial charge in [-0.25, -0.2) is 14.2 Å². The zero-order chi connectivity index (χ0) is 25.1. The molecule has 182 valence electrons. The number of carbonyl (C=O) groups is 1. The first kappa shape index (κ1) is 24.4. The van der Waals surface area contributed by atoms with Crippen LogP contribution in [0.15, 0.2) is 63.5 Å². The molecule has 1 aromatic heterocycles. The third-order valence-corrected chi connectivity index (χ3v) is 6.47. The second-order valence-electron chi connectivity index (χ2n) is 7.70. The van der Waals surface area contributed by atoms with Gasteiger partial charge in [-0.1, -0.05) is 29.5 Å². The molecule has 0 saturated carbocycles. The van der Waals surface area contributed by atoms with Crippen LogP contribution in [-0.2, 0) is 9.53 Å². The number of esters is 1. The molecule has 0 aliphatic carbocycles. The summed E-state index contributed by atoms with van der Waals surface area (Å²) in [5, 5.41) is 0. The lowest BCUT2D eigenvalue weighted by Gasteiger charge is -2.25. The van der Waals surface area contributed by atoms with Gasteiger partial charge in [-0.05, 0) is 62.2 Å². The molecule has 0 spiro atoms. The van der Waals surface area contributed by atoms with E-state index in [1.54, 1.807) is 57.4 Å². The highest BCUT2D eigenvalue weighted by atomic mass is 32.1. The van der Waals surface area contributed by atoms with E-state index in [0.717, 1.165) is 0 Å². The van der Waals surface area contributed by atoms with Crippen LogP contribution >= 0.6 is 11.3 Å². The highest BCUT2D eigenvalue weighted by Gasteiger charge is 2.33. The lowest BCUT2D eigenvalue weighted by Crippen LogP contribution is -2.40. The van der Waals surface area contributed by atoms with E-state index in [-0.39, 0.29) is 23.6 Å². The third-order valence-electron chi connectivity index (χ3n) is 5.49. The Morgan fingerprint density at radius 1 is 1.14 bits per heavy atom. The second kappa shape index (κ2) is 10.3. The van der Waals surface area contributed by atoms with Crippen LogP contribution in [0.1, 0.15) is 37.9 Å². The van der Waals surface area contributed by atoms with Crippen LogP contribution in [-0.4, -0.2) is 30.9 Å². The van der Waals surface area contributed by atoms with Crippen molar-refractivity contribution in [1.82, 2.24) is 4.57 Å². The fourth-order valence-electron chi connectivity index (χ4n) is 3.95. The van der Waals surface area contributed by atoms with Crippen LogP contribution in [0.3, 0.4) is 0 Å².